The third kappa shape index (κ3) is 3.15. The number of imidazole rings is 1. The Morgan fingerprint density at radius 1 is 1.12 bits per heavy atom. The maximum atomic E-state index is 9.82. The van der Waals surface area contributed by atoms with Crippen molar-refractivity contribution >= 4 is 51.2 Å². The third-order valence-corrected chi connectivity index (χ3v) is 5.97. The predicted molar refractivity (Wildman–Crippen MR) is 129 cm³/mol. The van der Waals surface area contributed by atoms with Crippen LogP contribution in [0.25, 0.3) is 27.6 Å². The molecule has 1 N–H and O–H groups in total. The fourth-order valence-corrected chi connectivity index (χ4v) is 4.29. The molecular formula is C25H19ClN6. The highest BCUT2D eigenvalue weighted by Crippen LogP contribution is 2.31. The maximum Gasteiger partial charge on any atom is 0.157 e. The first-order valence-corrected chi connectivity index (χ1v) is 10.7. The van der Waals surface area contributed by atoms with Crippen LogP contribution in [0.4, 0.5) is 5.82 Å². The smallest absolute Gasteiger partial charge is 0.157 e. The van der Waals surface area contributed by atoms with E-state index in [2.05, 4.69) is 28.5 Å². The number of nitriles is 1. The Morgan fingerprint density at radius 2 is 1.88 bits per heavy atom. The largest absolute Gasteiger partial charge is 0.276 e. The van der Waals surface area contributed by atoms with E-state index in [-0.39, 0.29) is 0 Å². The molecule has 156 valence electrons. The minimum absolute atomic E-state index is 0.388. The van der Waals surface area contributed by atoms with Gasteiger partial charge in [0.25, 0.3) is 0 Å². The van der Waals surface area contributed by atoms with Crippen LogP contribution in [0.3, 0.4) is 0 Å². The van der Waals surface area contributed by atoms with Crippen molar-refractivity contribution in [2.24, 2.45) is 5.10 Å². The van der Waals surface area contributed by atoms with Crippen LogP contribution in [0, 0.1) is 18.3 Å². The van der Waals surface area contributed by atoms with Crippen molar-refractivity contribution < 1.29 is 0 Å². The van der Waals surface area contributed by atoms with Crippen LogP contribution in [-0.4, -0.2) is 20.6 Å². The molecule has 2 aromatic carbocycles. The Morgan fingerprint density at radius 3 is 2.66 bits per heavy atom. The molecule has 0 atom stereocenters. The van der Waals surface area contributed by atoms with Gasteiger partial charge in [0.15, 0.2) is 5.65 Å². The molecule has 7 heteroatoms. The molecule has 0 amide bonds. The highest BCUT2D eigenvalue weighted by atomic mass is 35.5. The van der Waals surface area contributed by atoms with E-state index in [1.54, 1.807) is 6.21 Å². The molecule has 5 rings (SSSR count). The Bertz CT molecular complexity index is 1580. The molecule has 0 aliphatic carbocycles. The quantitative estimate of drug-likeness (QED) is 0.216. The summed E-state index contributed by atoms with van der Waals surface area (Å²) in [6, 6.07) is 19.9. The Labute approximate surface area is 189 Å². The first-order valence-electron chi connectivity index (χ1n) is 10.3. The van der Waals surface area contributed by atoms with Crippen molar-refractivity contribution in [1.82, 2.24) is 14.4 Å². The van der Waals surface area contributed by atoms with Crippen molar-refractivity contribution in [2.45, 2.75) is 20.3 Å². The Balaban J connectivity index is 1.66. The molecule has 0 fully saturated rings. The van der Waals surface area contributed by atoms with Crippen LogP contribution in [0.1, 0.15) is 29.2 Å². The number of hydrogen-bond donors (Lipinski definition) is 1. The highest BCUT2D eigenvalue weighted by Gasteiger charge is 2.19. The van der Waals surface area contributed by atoms with Gasteiger partial charge in [-0.1, -0.05) is 48.9 Å². The molecule has 0 bridgehead atoms. The number of pyridine rings is 2. The molecule has 6 nitrogen and oxygen atoms in total. The SMILES string of the molecule is CCc1c(C)c(C#N)c2nc3ccccc3n2c1N/N=C\c1cc2ccccc2nc1Cl. The molecule has 0 saturated heterocycles. The fourth-order valence-electron chi connectivity index (χ4n) is 4.10. The van der Waals surface area contributed by atoms with E-state index in [0.29, 0.717) is 21.9 Å². The van der Waals surface area contributed by atoms with E-state index in [9.17, 15) is 5.26 Å². The monoisotopic (exact) mass is 438 g/mol. The van der Waals surface area contributed by atoms with Crippen LogP contribution >= 0.6 is 11.6 Å². The summed E-state index contributed by atoms with van der Waals surface area (Å²) in [4.78, 5) is 9.16. The van der Waals surface area contributed by atoms with Crippen molar-refractivity contribution in [1.29, 1.82) is 5.26 Å². The normalized spacial score (nSPS) is 11.6. The first-order chi connectivity index (χ1) is 15.6. The second-order valence-electron chi connectivity index (χ2n) is 7.48. The molecule has 0 spiro atoms. The predicted octanol–water partition coefficient (Wildman–Crippen LogP) is 5.88. The van der Waals surface area contributed by atoms with Crippen LogP contribution < -0.4 is 5.43 Å². The van der Waals surface area contributed by atoms with Crippen molar-refractivity contribution in [3.63, 3.8) is 0 Å². The number of aromatic nitrogens is 3. The molecule has 3 heterocycles. The minimum Gasteiger partial charge on any atom is -0.276 e. The number of para-hydroxylation sites is 3. The van der Waals surface area contributed by atoms with Gasteiger partial charge in [0.2, 0.25) is 0 Å². The van der Waals surface area contributed by atoms with Gasteiger partial charge in [0.1, 0.15) is 17.0 Å². The lowest BCUT2D eigenvalue weighted by molar-refractivity contribution is 1.04. The zero-order valence-corrected chi connectivity index (χ0v) is 18.4. The zero-order valence-electron chi connectivity index (χ0n) is 17.6. The fraction of sp³-hybridized carbons (Fsp3) is 0.120. The number of anilines is 1. The van der Waals surface area contributed by atoms with Gasteiger partial charge in [0, 0.05) is 10.9 Å². The van der Waals surface area contributed by atoms with Gasteiger partial charge in [-0.25, -0.2) is 9.97 Å². The molecular weight excluding hydrogens is 420 g/mol. The standard InChI is InChI=1S/C25H19ClN6/c1-3-18-15(2)19(13-27)24-30-21-10-6-7-11-22(21)32(24)25(18)31-28-14-17-12-16-8-4-5-9-20(16)29-23(17)26/h4-12,14,31H,3H2,1-2H3/b28-14-. The molecule has 3 aromatic heterocycles. The van der Waals surface area contributed by atoms with E-state index in [4.69, 9.17) is 16.6 Å². The number of nitrogens with one attached hydrogen (secondary N) is 1. The summed E-state index contributed by atoms with van der Waals surface area (Å²) in [5.41, 5.74) is 9.60. The second kappa shape index (κ2) is 7.95. The van der Waals surface area contributed by atoms with Gasteiger partial charge in [-0.15, -0.1) is 0 Å². The molecule has 0 unspecified atom stereocenters. The topological polar surface area (TPSA) is 78.4 Å². The van der Waals surface area contributed by atoms with E-state index in [1.807, 2.05) is 65.9 Å². The molecule has 5 aromatic rings. The van der Waals surface area contributed by atoms with Gasteiger partial charge in [-0.05, 0) is 48.7 Å². The van der Waals surface area contributed by atoms with Crippen molar-refractivity contribution in [3.8, 4) is 6.07 Å². The lowest BCUT2D eigenvalue weighted by Gasteiger charge is -2.15. The molecule has 0 radical (unpaired) electrons. The molecule has 0 saturated carbocycles. The van der Waals surface area contributed by atoms with Crippen LogP contribution in [0.5, 0.6) is 0 Å². The van der Waals surface area contributed by atoms with Gasteiger partial charge in [-0.2, -0.15) is 10.4 Å². The lowest BCUT2D eigenvalue weighted by atomic mass is 10.0. The average Bonchev–Trinajstić information content (AvgIpc) is 3.18. The Kier molecular flexibility index (Phi) is 4.96. The number of hydrogen-bond acceptors (Lipinski definition) is 5. The first kappa shape index (κ1) is 20.0. The van der Waals surface area contributed by atoms with Gasteiger partial charge in [-0.3, -0.25) is 9.83 Å². The van der Waals surface area contributed by atoms with E-state index < -0.39 is 0 Å². The number of nitrogens with zero attached hydrogens (tertiary/aromatic N) is 5. The molecule has 32 heavy (non-hydrogen) atoms. The molecule has 0 aliphatic rings. The maximum absolute atomic E-state index is 9.82. The number of fused-ring (bicyclic) bond motifs is 4. The summed E-state index contributed by atoms with van der Waals surface area (Å²) in [6.45, 7) is 4.02. The summed E-state index contributed by atoms with van der Waals surface area (Å²) in [6.07, 6.45) is 2.40. The minimum atomic E-state index is 0.388. The van der Waals surface area contributed by atoms with Gasteiger partial charge in [0.05, 0.1) is 28.3 Å². The van der Waals surface area contributed by atoms with Gasteiger partial charge >= 0.3 is 0 Å². The van der Waals surface area contributed by atoms with Crippen LogP contribution in [-0.2, 0) is 6.42 Å². The second-order valence-corrected chi connectivity index (χ2v) is 7.84. The summed E-state index contributed by atoms with van der Waals surface area (Å²) in [7, 11) is 0. The molecule has 0 aliphatic heterocycles. The van der Waals surface area contributed by atoms with Crippen LogP contribution in [0.15, 0.2) is 59.7 Å². The number of hydrazone groups is 1. The summed E-state index contributed by atoms with van der Waals surface area (Å²) in [5, 5.41) is 15.7. The van der Waals surface area contributed by atoms with E-state index in [1.165, 1.54) is 0 Å². The third-order valence-electron chi connectivity index (χ3n) is 5.67. The average molecular weight is 439 g/mol. The summed E-state index contributed by atoms with van der Waals surface area (Å²) >= 11 is 6.38. The van der Waals surface area contributed by atoms with E-state index in [0.717, 1.165) is 45.3 Å². The van der Waals surface area contributed by atoms with Crippen LogP contribution in [0.2, 0.25) is 5.15 Å². The van der Waals surface area contributed by atoms with Crippen molar-refractivity contribution in [2.75, 3.05) is 5.43 Å². The van der Waals surface area contributed by atoms with E-state index >= 15 is 0 Å². The lowest BCUT2D eigenvalue weighted by Crippen LogP contribution is -2.07. The summed E-state index contributed by atoms with van der Waals surface area (Å²) < 4.78 is 1.97. The Hall–Kier alpha value is -3.95. The highest BCUT2D eigenvalue weighted by molar-refractivity contribution is 6.32. The number of benzene rings is 2. The summed E-state index contributed by atoms with van der Waals surface area (Å²) in [5.74, 6) is 0.786. The van der Waals surface area contributed by atoms with Gasteiger partial charge < -0.3 is 0 Å². The number of rotatable bonds is 4. The zero-order chi connectivity index (χ0) is 22.2. The van der Waals surface area contributed by atoms with Crippen molar-refractivity contribution in [3.05, 3.63) is 82.0 Å². The number of halogens is 1.